The van der Waals surface area contributed by atoms with E-state index in [-0.39, 0.29) is 12.6 Å². The molecule has 0 aromatic heterocycles. The van der Waals surface area contributed by atoms with E-state index in [1.807, 2.05) is 0 Å². The quantitative estimate of drug-likeness (QED) is 0.563. The Balaban J connectivity index is 2.17. The Hall–Kier alpha value is -0.120. The van der Waals surface area contributed by atoms with Crippen molar-refractivity contribution in [3.05, 3.63) is 0 Å². The third-order valence-electron chi connectivity index (χ3n) is 1.84. The molecule has 2 N–H and O–H groups in total. The fourth-order valence-electron chi connectivity index (χ4n) is 1.05. The van der Waals surface area contributed by atoms with E-state index < -0.39 is 0 Å². The molecule has 1 heterocycles. The number of aliphatic hydroxyl groups excluding tert-OH is 1. The standard InChI is InChI=1S/C7H15NO2/c1-2-7-3-8-6(4-9)5-10-7/h6-9H,2-5H2,1H3. The zero-order valence-electron chi connectivity index (χ0n) is 6.34. The van der Waals surface area contributed by atoms with Crippen LogP contribution in [0.5, 0.6) is 0 Å². The van der Waals surface area contributed by atoms with E-state index in [4.69, 9.17) is 9.84 Å². The van der Waals surface area contributed by atoms with Crippen molar-refractivity contribution in [2.24, 2.45) is 0 Å². The van der Waals surface area contributed by atoms with Crippen molar-refractivity contribution < 1.29 is 9.84 Å². The topological polar surface area (TPSA) is 41.5 Å². The van der Waals surface area contributed by atoms with Crippen LogP contribution in [0.2, 0.25) is 0 Å². The molecule has 60 valence electrons. The Morgan fingerprint density at radius 2 is 2.50 bits per heavy atom. The summed E-state index contributed by atoms with van der Waals surface area (Å²) in [6, 6.07) is 0.155. The van der Waals surface area contributed by atoms with Crippen LogP contribution >= 0.6 is 0 Å². The molecule has 1 aliphatic rings. The minimum Gasteiger partial charge on any atom is -0.395 e. The molecular formula is C7H15NO2. The second kappa shape index (κ2) is 3.91. The predicted octanol–water partition coefficient (Wildman–Crippen LogP) is -0.254. The van der Waals surface area contributed by atoms with Crippen molar-refractivity contribution >= 4 is 0 Å². The smallest absolute Gasteiger partial charge is 0.0697 e. The molecule has 1 rings (SSSR count). The molecule has 0 aliphatic carbocycles. The third-order valence-corrected chi connectivity index (χ3v) is 1.84. The van der Waals surface area contributed by atoms with Crippen LogP contribution in [-0.4, -0.2) is 37.0 Å². The molecule has 1 aliphatic heterocycles. The maximum absolute atomic E-state index is 8.71. The molecule has 1 saturated heterocycles. The third kappa shape index (κ3) is 1.94. The van der Waals surface area contributed by atoms with E-state index in [0.29, 0.717) is 12.7 Å². The lowest BCUT2D eigenvalue weighted by Crippen LogP contribution is -2.47. The molecule has 1 fully saturated rings. The van der Waals surface area contributed by atoms with Gasteiger partial charge in [-0.25, -0.2) is 0 Å². The fraction of sp³-hybridized carbons (Fsp3) is 1.00. The summed E-state index contributed by atoms with van der Waals surface area (Å²) in [6.07, 6.45) is 1.40. The highest BCUT2D eigenvalue weighted by Gasteiger charge is 2.17. The Kier molecular flexibility index (Phi) is 3.12. The van der Waals surface area contributed by atoms with Crippen LogP contribution in [0, 0.1) is 0 Å². The van der Waals surface area contributed by atoms with Crippen LogP contribution in [0.1, 0.15) is 13.3 Å². The first-order valence-corrected chi connectivity index (χ1v) is 3.82. The summed E-state index contributed by atoms with van der Waals surface area (Å²) in [5, 5.41) is 11.9. The molecule has 0 saturated carbocycles. The van der Waals surface area contributed by atoms with E-state index in [2.05, 4.69) is 12.2 Å². The minimum atomic E-state index is 0.155. The van der Waals surface area contributed by atoms with Gasteiger partial charge in [-0.05, 0) is 6.42 Å². The first kappa shape index (κ1) is 7.98. The Morgan fingerprint density at radius 1 is 1.70 bits per heavy atom. The number of morpholine rings is 1. The van der Waals surface area contributed by atoms with Gasteiger partial charge in [-0.3, -0.25) is 0 Å². The molecule has 3 heteroatoms. The lowest BCUT2D eigenvalue weighted by Gasteiger charge is -2.28. The van der Waals surface area contributed by atoms with Gasteiger partial charge in [0, 0.05) is 6.54 Å². The van der Waals surface area contributed by atoms with E-state index in [1.165, 1.54) is 0 Å². The van der Waals surface area contributed by atoms with Gasteiger partial charge in [-0.2, -0.15) is 0 Å². The molecule has 0 bridgehead atoms. The monoisotopic (exact) mass is 145 g/mol. The minimum absolute atomic E-state index is 0.155. The lowest BCUT2D eigenvalue weighted by atomic mass is 10.2. The summed E-state index contributed by atoms with van der Waals surface area (Å²) in [7, 11) is 0. The average molecular weight is 145 g/mol. The molecule has 2 atom stereocenters. The summed E-state index contributed by atoms with van der Waals surface area (Å²) in [5.41, 5.74) is 0. The van der Waals surface area contributed by atoms with E-state index >= 15 is 0 Å². The van der Waals surface area contributed by atoms with Crippen LogP contribution in [-0.2, 0) is 4.74 Å². The number of ether oxygens (including phenoxy) is 1. The van der Waals surface area contributed by atoms with Gasteiger partial charge in [0.1, 0.15) is 0 Å². The number of nitrogens with one attached hydrogen (secondary N) is 1. The van der Waals surface area contributed by atoms with Gasteiger partial charge in [0.25, 0.3) is 0 Å². The normalized spacial score (nSPS) is 34.2. The molecule has 0 radical (unpaired) electrons. The van der Waals surface area contributed by atoms with E-state index in [1.54, 1.807) is 0 Å². The SMILES string of the molecule is CCC1CNC(CO)CO1. The highest BCUT2D eigenvalue weighted by molar-refractivity contribution is 4.73. The zero-order chi connectivity index (χ0) is 7.40. The predicted molar refractivity (Wildman–Crippen MR) is 38.9 cm³/mol. The van der Waals surface area contributed by atoms with Crippen LogP contribution < -0.4 is 5.32 Å². The molecule has 0 spiro atoms. The first-order chi connectivity index (χ1) is 4.86. The largest absolute Gasteiger partial charge is 0.395 e. The molecule has 2 unspecified atom stereocenters. The zero-order valence-corrected chi connectivity index (χ0v) is 6.34. The number of rotatable bonds is 2. The average Bonchev–Trinajstić information content (AvgIpc) is 2.05. The fourth-order valence-corrected chi connectivity index (χ4v) is 1.05. The summed E-state index contributed by atoms with van der Waals surface area (Å²) >= 11 is 0. The van der Waals surface area contributed by atoms with Crippen molar-refractivity contribution in [1.82, 2.24) is 5.32 Å². The Bertz CT molecular complexity index is 77.6. The van der Waals surface area contributed by atoms with Crippen LogP contribution in [0.3, 0.4) is 0 Å². The van der Waals surface area contributed by atoms with Gasteiger partial charge in [-0.15, -0.1) is 0 Å². The molecule has 0 amide bonds. The lowest BCUT2D eigenvalue weighted by molar-refractivity contribution is -0.00956. The van der Waals surface area contributed by atoms with E-state index in [9.17, 15) is 0 Å². The van der Waals surface area contributed by atoms with Crippen molar-refractivity contribution in [2.75, 3.05) is 19.8 Å². The first-order valence-electron chi connectivity index (χ1n) is 3.82. The van der Waals surface area contributed by atoms with E-state index in [0.717, 1.165) is 13.0 Å². The van der Waals surface area contributed by atoms with Gasteiger partial charge in [0.2, 0.25) is 0 Å². The highest BCUT2D eigenvalue weighted by Crippen LogP contribution is 2.03. The second-order valence-corrected chi connectivity index (χ2v) is 2.65. The molecule has 0 aromatic carbocycles. The molecule has 10 heavy (non-hydrogen) atoms. The summed E-state index contributed by atoms with van der Waals surface area (Å²) < 4.78 is 5.41. The number of hydrogen-bond donors (Lipinski definition) is 2. The summed E-state index contributed by atoms with van der Waals surface area (Å²) in [4.78, 5) is 0. The Labute approximate surface area is 61.4 Å². The van der Waals surface area contributed by atoms with Crippen LogP contribution in [0.15, 0.2) is 0 Å². The summed E-state index contributed by atoms with van der Waals surface area (Å²) in [6.45, 7) is 3.80. The van der Waals surface area contributed by atoms with Crippen molar-refractivity contribution in [3.8, 4) is 0 Å². The van der Waals surface area contributed by atoms with Crippen molar-refractivity contribution in [1.29, 1.82) is 0 Å². The maximum Gasteiger partial charge on any atom is 0.0697 e. The number of aliphatic hydroxyl groups is 1. The molecule has 0 aromatic rings. The van der Waals surface area contributed by atoms with Gasteiger partial charge >= 0.3 is 0 Å². The van der Waals surface area contributed by atoms with Crippen molar-refractivity contribution in [2.45, 2.75) is 25.5 Å². The van der Waals surface area contributed by atoms with Crippen molar-refractivity contribution in [3.63, 3.8) is 0 Å². The van der Waals surface area contributed by atoms with Gasteiger partial charge in [0.15, 0.2) is 0 Å². The second-order valence-electron chi connectivity index (χ2n) is 2.65. The van der Waals surface area contributed by atoms with Gasteiger partial charge in [-0.1, -0.05) is 6.92 Å². The van der Waals surface area contributed by atoms with Crippen LogP contribution in [0.25, 0.3) is 0 Å². The molecular weight excluding hydrogens is 130 g/mol. The maximum atomic E-state index is 8.71. The number of hydrogen-bond acceptors (Lipinski definition) is 3. The summed E-state index contributed by atoms with van der Waals surface area (Å²) in [5.74, 6) is 0. The van der Waals surface area contributed by atoms with Gasteiger partial charge < -0.3 is 15.2 Å². The highest BCUT2D eigenvalue weighted by atomic mass is 16.5. The molecule has 3 nitrogen and oxygen atoms in total. The van der Waals surface area contributed by atoms with Crippen LogP contribution in [0.4, 0.5) is 0 Å². The van der Waals surface area contributed by atoms with Gasteiger partial charge in [0.05, 0.1) is 25.4 Å². The Morgan fingerprint density at radius 3 is 2.90 bits per heavy atom.